The highest BCUT2D eigenvalue weighted by Crippen LogP contribution is 2.32. The van der Waals surface area contributed by atoms with Gasteiger partial charge in [0.05, 0.1) is 22.5 Å². The number of benzene rings is 1. The van der Waals surface area contributed by atoms with Crippen LogP contribution in [0.15, 0.2) is 41.4 Å². The van der Waals surface area contributed by atoms with Gasteiger partial charge in [0.1, 0.15) is 19.0 Å². The van der Waals surface area contributed by atoms with Crippen LogP contribution in [0, 0.1) is 0 Å². The van der Waals surface area contributed by atoms with Crippen molar-refractivity contribution >= 4 is 39.7 Å². The summed E-state index contributed by atoms with van der Waals surface area (Å²) in [5.41, 5.74) is 5.92. The van der Waals surface area contributed by atoms with Gasteiger partial charge in [-0.15, -0.1) is 12.4 Å². The van der Waals surface area contributed by atoms with E-state index in [9.17, 15) is 13.2 Å². The van der Waals surface area contributed by atoms with Gasteiger partial charge in [0.15, 0.2) is 21.3 Å². The van der Waals surface area contributed by atoms with E-state index in [2.05, 4.69) is 10.3 Å². The maximum absolute atomic E-state index is 12.4. The average molecular weight is 400 g/mol. The number of anilines is 2. The van der Waals surface area contributed by atoms with Crippen molar-refractivity contribution in [3.8, 4) is 11.5 Å². The summed E-state index contributed by atoms with van der Waals surface area (Å²) in [4.78, 5) is 15.9. The molecular formula is C16H18ClN3O5S. The maximum Gasteiger partial charge on any atom is 0.225 e. The van der Waals surface area contributed by atoms with Gasteiger partial charge in [0, 0.05) is 12.5 Å². The van der Waals surface area contributed by atoms with Gasteiger partial charge < -0.3 is 20.5 Å². The summed E-state index contributed by atoms with van der Waals surface area (Å²) in [7, 11) is -3.62. The van der Waals surface area contributed by atoms with Crippen molar-refractivity contribution in [2.24, 2.45) is 0 Å². The van der Waals surface area contributed by atoms with Crippen LogP contribution in [-0.2, 0) is 14.6 Å². The number of sulfone groups is 1. The van der Waals surface area contributed by atoms with Gasteiger partial charge in [0.25, 0.3) is 0 Å². The van der Waals surface area contributed by atoms with E-state index in [1.807, 2.05) is 0 Å². The van der Waals surface area contributed by atoms with Crippen LogP contribution < -0.4 is 20.5 Å². The lowest BCUT2D eigenvalue weighted by Gasteiger charge is -2.18. The van der Waals surface area contributed by atoms with Gasteiger partial charge in [0.2, 0.25) is 5.91 Å². The normalized spacial score (nSPS) is 12.8. The quantitative estimate of drug-likeness (QED) is 0.784. The van der Waals surface area contributed by atoms with Crippen molar-refractivity contribution in [1.29, 1.82) is 0 Å². The molecule has 2 heterocycles. The molecule has 8 nitrogen and oxygen atoms in total. The van der Waals surface area contributed by atoms with Gasteiger partial charge >= 0.3 is 0 Å². The van der Waals surface area contributed by atoms with Crippen LogP contribution >= 0.6 is 12.4 Å². The Labute approximate surface area is 157 Å². The fraction of sp³-hybridized carbons (Fsp3) is 0.250. The molecule has 0 aliphatic carbocycles. The predicted octanol–water partition coefficient (Wildman–Crippen LogP) is 1.66. The van der Waals surface area contributed by atoms with E-state index >= 15 is 0 Å². The molecule has 3 N–H and O–H groups in total. The van der Waals surface area contributed by atoms with E-state index in [4.69, 9.17) is 15.2 Å². The second-order valence-corrected chi connectivity index (χ2v) is 7.50. The topological polar surface area (TPSA) is 121 Å². The summed E-state index contributed by atoms with van der Waals surface area (Å²) >= 11 is 0. The highest BCUT2D eigenvalue weighted by molar-refractivity contribution is 7.91. The van der Waals surface area contributed by atoms with Crippen molar-refractivity contribution in [2.75, 3.05) is 30.0 Å². The van der Waals surface area contributed by atoms with Crippen LogP contribution in [0.3, 0.4) is 0 Å². The minimum Gasteiger partial charge on any atom is -0.486 e. The molecule has 26 heavy (non-hydrogen) atoms. The van der Waals surface area contributed by atoms with Crippen LogP contribution in [0.2, 0.25) is 0 Å². The molecule has 1 aromatic heterocycles. The number of ether oxygens (including phenoxy) is 2. The van der Waals surface area contributed by atoms with E-state index in [0.29, 0.717) is 36.2 Å². The molecule has 2 aromatic rings. The number of amides is 1. The molecule has 0 bridgehead atoms. The number of hydrogen-bond acceptors (Lipinski definition) is 7. The summed E-state index contributed by atoms with van der Waals surface area (Å²) < 4.78 is 35.6. The lowest BCUT2D eigenvalue weighted by Crippen LogP contribution is -2.18. The molecule has 0 saturated heterocycles. The predicted molar refractivity (Wildman–Crippen MR) is 98.6 cm³/mol. The van der Waals surface area contributed by atoms with Crippen molar-refractivity contribution in [1.82, 2.24) is 4.98 Å². The monoisotopic (exact) mass is 399 g/mol. The fourth-order valence-electron chi connectivity index (χ4n) is 2.26. The molecule has 1 amide bonds. The molecule has 3 rings (SSSR count). The Morgan fingerprint density at radius 1 is 1.15 bits per heavy atom. The Balaban J connectivity index is 0.00000243. The van der Waals surface area contributed by atoms with Gasteiger partial charge in [-0.25, -0.2) is 13.4 Å². The number of nitrogens with one attached hydrogen (secondary N) is 1. The van der Waals surface area contributed by atoms with Crippen molar-refractivity contribution < 1.29 is 22.7 Å². The lowest BCUT2D eigenvalue weighted by atomic mass is 10.3. The molecule has 0 spiro atoms. The first-order valence-corrected chi connectivity index (χ1v) is 9.23. The first-order valence-electron chi connectivity index (χ1n) is 7.58. The van der Waals surface area contributed by atoms with E-state index in [1.165, 1.54) is 18.3 Å². The third kappa shape index (κ3) is 4.77. The minimum atomic E-state index is -3.62. The largest absolute Gasteiger partial charge is 0.486 e. The number of halogens is 1. The fourth-order valence-corrected chi connectivity index (χ4v) is 3.52. The SMILES string of the molecule is Cl.Nc1ccc(NC(=O)CCS(=O)(=O)c2ccc3c(c2)OCCO3)cn1. The number of nitrogens with zero attached hydrogens (tertiary/aromatic N) is 1. The molecular weight excluding hydrogens is 382 g/mol. The Kier molecular flexibility index (Phi) is 6.27. The Morgan fingerprint density at radius 3 is 2.58 bits per heavy atom. The molecule has 1 aromatic carbocycles. The number of carbonyl (C=O) groups excluding carboxylic acids is 1. The summed E-state index contributed by atoms with van der Waals surface area (Å²) in [6.07, 6.45) is 1.23. The second kappa shape index (κ2) is 8.24. The Morgan fingerprint density at radius 2 is 1.88 bits per heavy atom. The molecule has 0 radical (unpaired) electrons. The number of pyridine rings is 1. The summed E-state index contributed by atoms with van der Waals surface area (Å²) in [5, 5.41) is 2.58. The number of nitrogens with two attached hydrogens (primary N) is 1. The minimum absolute atomic E-state index is 0. The number of nitrogen functional groups attached to an aromatic ring is 1. The highest BCUT2D eigenvalue weighted by atomic mass is 35.5. The van der Waals surface area contributed by atoms with Gasteiger partial charge in [-0.1, -0.05) is 0 Å². The van der Waals surface area contributed by atoms with Crippen LogP contribution in [0.1, 0.15) is 6.42 Å². The first kappa shape index (κ1) is 19.8. The first-order chi connectivity index (χ1) is 11.9. The van der Waals surface area contributed by atoms with Crippen LogP contribution in [0.5, 0.6) is 11.5 Å². The second-order valence-electron chi connectivity index (χ2n) is 5.39. The molecule has 140 valence electrons. The maximum atomic E-state index is 12.4. The zero-order valence-electron chi connectivity index (χ0n) is 13.7. The smallest absolute Gasteiger partial charge is 0.225 e. The number of carbonyl (C=O) groups is 1. The van der Waals surface area contributed by atoms with Gasteiger partial charge in [-0.05, 0) is 24.3 Å². The van der Waals surface area contributed by atoms with Crippen molar-refractivity contribution in [3.63, 3.8) is 0 Å². The van der Waals surface area contributed by atoms with Gasteiger partial charge in [-0.2, -0.15) is 0 Å². The van der Waals surface area contributed by atoms with Crippen LogP contribution in [-0.4, -0.2) is 38.3 Å². The molecule has 0 fully saturated rings. The number of rotatable bonds is 5. The lowest BCUT2D eigenvalue weighted by molar-refractivity contribution is -0.115. The average Bonchev–Trinajstić information content (AvgIpc) is 2.62. The molecule has 0 atom stereocenters. The Bertz CT molecular complexity index is 887. The van der Waals surface area contributed by atoms with Crippen molar-refractivity contribution in [2.45, 2.75) is 11.3 Å². The summed E-state index contributed by atoms with van der Waals surface area (Å²) in [5.74, 6) is 0.497. The molecule has 0 unspecified atom stereocenters. The van der Waals surface area contributed by atoms with E-state index in [0.717, 1.165) is 0 Å². The van der Waals surface area contributed by atoms with Crippen LogP contribution in [0.25, 0.3) is 0 Å². The molecule has 1 aliphatic rings. The third-order valence-corrected chi connectivity index (χ3v) is 5.25. The number of fused-ring (bicyclic) bond motifs is 1. The standard InChI is InChI=1S/C16H17N3O5S.ClH/c17-15-4-1-11(10-18-15)19-16(20)5-8-25(21,22)12-2-3-13-14(9-12)24-7-6-23-13;/h1-4,9-10H,5-8H2,(H2,17,18)(H,19,20);1H. The van der Waals surface area contributed by atoms with E-state index in [-0.39, 0.29) is 29.5 Å². The number of hydrogen-bond donors (Lipinski definition) is 2. The highest BCUT2D eigenvalue weighted by Gasteiger charge is 2.20. The van der Waals surface area contributed by atoms with Crippen molar-refractivity contribution in [3.05, 3.63) is 36.5 Å². The third-order valence-electron chi connectivity index (χ3n) is 3.54. The van der Waals surface area contributed by atoms with E-state index < -0.39 is 15.7 Å². The molecule has 0 saturated carbocycles. The Hall–Kier alpha value is -2.52. The van der Waals surface area contributed by atoms with E-state index in [1.54, 1.807) is 18.2 Å². The zero-order chi connectivity index (χ0) is 17.9. The molecule has 1 aliphatic heterocycles. The summed E-state index contributed by atoms with van der Waals surface area (Å²) in [6.45, 7) is 0.799. The zero-order valence-corrected chi connectivity index (χ0v) is 15.3. The van der Waals surface area contributed by atoms with Gasteiger partial charge in [-0.3, -0.25) is 4.79 Å². The summed E-state index contributed by atoms with van der Waals surface area (Å²) in [6, 6.07) is 7.56. The number of aromatic nitrogens is 1. The molecule has 10 heteroatoms. The van der Waals surface area contributed by atoms with Crippen LogP contribution in [0.4, 0.5) is 11.5 Å².